The lowest BCUT2D eigenvalue weighted by molar-refractivity contribution is 0.619. The molecule has 2 rings (SSSR count). The Morgan fingerprint density at radius 3 is 2.87 bits per heavy atom. The maximum absolute atomic E-state index is 13.5. The maximum Gasteiger partial charge on any atom is 0.146 e. The first-order chi connectivity index (χ1) is 7.09. The molecule has 0 amide bonds. The van der Waals surface area contributed by atoms with Gasteiger partial charge in [0.25, 0.3) is 0 Å². The summed E-state index contributed by atoms with van der Waals surface area (Å²) in [5.41, 5.74) is 1.01. The fraction of sp³-hybridized carbons (Fsp3) is 0.300. The molecule has 1 aromatic carbocycles. The van der Waals surface area contributed by atoms with Crippen LogP contribution in [0.2, 0.25) is 5.02 Å². The van der Waals surface area contributed by atoms with Crippen LogP contribution >= 0.6 is 23.2 Å². The van der Waals surface area contributed by atoms with Gasteiger partial charge in [0.15, 0.2) is 0 Å². The molecule has 15 heavy (non-hydrogen) atoms. The van der Waals surface area contributed by atoms with E-state index in [-0.39, 0.29) is 16.3 Å². The third-order valence-corrected chi connectivity index (χ3v) is 2.88. The summed E-state index contributed by atoms with van der Waals surface area (Å²) in [6.07, 6.45) is 1.62. The molecule has 0 radical (unpaired) electrons. The Labute approximate surface area is 97.3 Å². The molecule has 1 aliphatic heterocycles. The highest BCUT2D eigenvalue weighted by molar-refractivity contribution is 6.31. The minimum absolute atomic E-state index is 0.134. The second-order valence-electron chi connectivity index (χ2n) is 3.36. The largest absolute Gasteiger partial charge is 0.329 e. The van der Waals surface area contributed by atoms with Crippen LogP contribution in [-0.2, 0) is 0 Å². The van der Waals surface area contributed by atoms with Gasteiger partial charge in [0.2, 0.25) is 0 Å². The SMILES string of the molecule is Cc1c(N2C=NC(Cl)C2)ccc(Cl)c1F. The molecule has 0 aliphatic carbocycles. The van der Waals surface area contributed by atoms with E-state index in [1.165, 1.54) is 6.07 Å². The van der Waals surface area contributed by atoms with Gasteiger partial charge in [-0.25, -0.2) is 4.39 Å². The number of rotatable bonds is 1. The van der Waals surface area contributed by atoms with Gasteiger partial charge < -0.3 is 4.90 Å². The Balaban J connectivity index is 2.38. The van der Waals surface area contributed by atoms with E-state index in [9.17, 15) is 4.39 Å². The molecule has 0 N–H and O–H groups in total. The van der Waals surface area contributed by atoms with Crippen molar-refractivity contribution in [1.29, 1.82) is 0 Å². The van der Waals surface area contributed by atoms with Crippen molar-refractivity contribution in [2.45, 2.75) is 12.4 Å². The first-order valence-electron chi connectivity index (χ1n) is 4.48. The summed E-state index contributed by atoms with van der Waals surface area (Å²) in [4.78, 5) is 5.81. The van der Waals surface area contributed by atoms with Crippen molar-refractivity contribution in [2.75, 3.05) is 11.4 Å². The monoisotopic (exact) mass is 246 g/mol. The molecule has 0 fully saturated rings. The molecule has 1 aromatic rings. The molecule has 1 heterocycles. The number of halogens is 3. The Morgan fingerprint density at radius 1 is 1.53 bits per heavy atom. The van der Waals surface area contributed by atoms with Gasteiger partial charge in [0, 0.05) is 11.3 Å². The molecule has 0 saturated carbocycles. The number of alkyl halides is 1. The Morgan fingerprint density at radius 2 is 2.27 bits per heavy atom. The second kappa shape index (κ2) is 3.99. The molecule has 0 saturated heterocycles. The van der Waals surface area contributed by atoms with Crippen LogP contribution < -0.4 is 4.90 Å². The zero-order valence-corrected chi connectivity index (χ0v) is 9.56. The Bertz CT molecular complexity index is 420. The third kappa shape index (κ3) is 1.94. The lowest BCUT2D eigenvalue weighted by Crippen LogP contribution is -2.21. The molecule has 5 heteroatoms. The van der Waals surface area contributed by atoms with E-state index in [1.54, 1.807) is 19.3 Å². The number of hydrogen-bond donors (Lipinski definition) is 0. The van der Waals surface area contributed by atoms with Gasteiger partial charge in [-0.05, 0) is 19.1 Å². The summed E-state index contributed by atoms with van der Waals surface area (Å²) in [5.74, 6) is -0.388. The highest BCUT2D eigenvalue weighted by Gasteiger charge is 2.19. The summed E-state index contributed by atoms with van der Waals surface area (Å²) >= 11 is 11.5. The van der Waals surface area contributed by atoms with Crippen molar-refractivity contribution in [2.24, 2.45) is 4.99 Å². The van der Waals surface area contributed by atoms with Crippen LogP contribution in [-0.4, -0.2) is 18.4 Å². The van der Waals surface area contributed by atoms with Gasteiger partial charge >= 0.3 is 0 Å². The highest BCUT2D eigenvalue weighted by Crippen LogP contribution is 2.28. The minimum atomic E-state index is -0.388. The minimum Gasteiger partial charge on any atom is -0.329 e. The van der Waals surface area contributed by atoms with Crippen LogP contribution in [0.5, 0.6) is 0 Å². The fourth-order valence-electron chi connectivity index (χ4n) is 1.52. The first kappa shape index (κ1) is 10.7. The summed E-state index contributed by atoms with van der Waals surface area (Å²) in [5, 5.41) is 0.134. The predicted molar refractivity (Wildman–Crippen MR) is 61.6 cm³/mol. The number of benzene rings is 1. The molecule has 80 valence electrons. The van der Waals surface area contributed by atoms with Crippen molar-refractivity contribution in [3.8, 4) is 0 Å². The number of nitrogens with zero attached hydrogens (tertiary/aromatic N) is 2. The van der Waals surface area contributed by atoms with Gasteiger partial charge in [0.05, 0.1) is 17.9 Å². The molecule has 2 nitrogen and oxygen atoms in total. The lowest BCUT2D eigenvalue weighted by atomic mass is 10.1. The van der Waals surface area contributed by atoms with Crippen LogP contribution in [0, 0.1) is 12.7 Å². The summed E-state index contributed by atoms with van der Waals surface area (Å²) in [6, 6.07) is 3.30. The third-order valence-electron chi connectivity index (χ3n) is 2.34. The highest BCUT2D eigenvalue weighted by atomic mass is 35.5. The predicted octanol–water partition coefficient (Wildman–Crippen LogP) is 3.20. The van der Waals surface area contributed by atoms with Crippen molar-refractivity contribution in [1.82, 2.24) is 0 Å². The molecule has 1 aliphatic rings. The number of hydrogen-bond acceptors (Lipinski definition) is 2. The second-order valence-corrected chi connectivity index (χ2v) is 4.27. The average Bonchev–Trinajstić information content (AvgIpc) is 2.61. The Kier molecular flexibility index (Phi) is 2.85. The number of anilines is 1. The zero-order chi connectivity index (χ0) is 11.0. The standard InChI is InChI=1S/C10H9Cl2FN2/c1-6-8(3-2-7(11)10(6)13)15-4-9(12)14-5-15/h2-3,5,9H,4H2,1H3. The number of aliphatic imine (C=N–C) groups is 1. The van der Waals surface area contributed by atoms with Crippen molar-refractivity contribution < 1.29 is 4.39 Å². The molecule has 1 atom stereocenters. The van der Waals surface area contributed by atoms with E-state index in [0.29, 0.717) is 12.1 Å². The molecule has 1 unspecified atom stereocenters. The smallest absolute Gasteiger partial charge is 0.146 e. The van der Waals surface area contributed by atoms with Crippen LogP contribution in [0.25, 0.3) is 0 Å². The molecular formula is C10H9Cl2FN2. The van der Waals surface area contributed by atoms with E-state index >= 15 is 0 Å². The summed E-state index contributed by atoms with van der Waals surface area (Å²) in [6.45, 7) is 2.25. The van der Waals surface area contributed by atoms with E-state index in [0.717, 1.165) is 5.69 Å². The summed E-state index contributed by atoms with van der Waals surface area (Å²) < 4.78 is 13.5. The van der Waals surface area contributed by atoms with Gasteiger partial charge in [-0.15, -0.1) is 0 Å². The van der Waals surface area contributed by atoms with Crippen LogP contribution in [0.1, 0.15) is 5.56 Å². The normalized spacial score (nSPS) is 20.0. The van der Waals surface area contributed by atoms with Crippen molar-refractivity contribution >= 4 is 35.2 Å². The van der Waals surface area contributed by atoms with Gasteiger partial charge in [0.1, 0.15) is 11.3 Å². The molecule has 0 spiro atoms. The van der Waals surface area contributed by atoms with Gasteiger partial charge in [-0.2, -0.15) is 0 Å². The maximum atomic E-state index is 13.5. The van der Waals surface area contributed by atoms with Crippen molar-refractivity contribution in [3.05, 3.63) is 28.5 Å². The van der Waals surface area contributed by atoms with Gasteiger partial charge in [-0.3, -0.25) is 4.99 Å². The van der Waals surface area contributed by atoms with Gasteiger partial charge in [-0.1, -0.05) is 23.2 Å². The summed E-state index contributed by atoms with van der Waals surface area (Å²) in [7, 11) is 0. The van der Waals surface area contributed by atoms with E-state index in [2.05, 4.69) is 4.99 Å². The quantitative estimate of drug-likeness (QED) is 0.549. The van der Waals surface area contributed by atoms with Crippen LogP contribution in [0.15, 0.2) is 17.1 Å². The lowest BCUT2D eigenvalue weighted by Gasteiger charge is -2.17. The molecule has 0 aromatic heterocycles. The topological polar surface area (TPSA) is 15.6 Å². The molecule has 0 bridgehead atoms. The first-order valence-corrected chi connectivity index (χ1v) is 5.29. The van der Waals surface area contributed by atoms with E-state index < -0.39 is 0 Å². The molecular weight excluding hydrogens is 238 g/mol. The van der Waals surface area contributed by atoms with E-state index in [4.69, 9.17) is 23.2 Å². The van der Waals surface area contributed by atoms with E-state index in [1.807, 2.05) is 4.90 Å². The zero-order valence-electron chi connectivity index (χ0n) is 8.04. The Hall–Kier alpha value is -0.800. The van der Waals surface area contributed by atoms with Crippen molar-refractivity contribution in [3.63, 3.8) is 0 Å². The van der Waals surface area contributed by atoms with Crippen LogP contribution in [0.4, 0.5) is 10.1 Å². The average molecular weight is 247 g/mol. The fourth-order valence-corrected chi connectivity index (χ4v) is 1.93. The van der Waals surface area contributed by atoms with Crippen LogP contribution in [0.3, 0.4) is 0 Å².